The summed E-state index contributed by atoms with van der Waals surface area (Å²) < 4.78 is 0. The van der Waals surface area contributed by atoms with E-state index in [0.717, 1.165) is 5.69 Å². The topological polar surface area (TPSA) is 81.1 Å². The van der Waals surface area contributed by atoms with Crippen molar-refractivity contribution in [2.75, 3.05) is 25.5 Å². The fraction of sp³-hybridized carbons (Fsp3) is 0.429. The van der Waals surface area contributed by atoms with Gasteiger partial charge in [-0.2, -0.15) is 0 Å². The number of aliphatic carboxylic acids is 1. The maximum atomic E-state index is 12.4. The number of nitrogens with zero attached hydrogens (tertiary/aromatic N) is 2. The van der Waals surface area contributed by atoms with Crippen LogP contribution in [0.1, 0.15) is 16.8 Å². The van der Waals surface area contributed by atoms with E-state index in [2.05, 4.69) is 0 Å². The number of aliphatic hydroxyl groups excluding tert-OH is 1. The zero-order chi connectivity index (χ0) is 14.9. The van der Waals surface area contributed by atoms with Crippen LogP contribution in [0.2, 0.25) is 0 Å². The zero-order valence-electron chi connectivity index (χ0n) is 11.5. The van der Waals surface area contributed by atoms with Crippen molar-refractivity contribution in [2.45, 2.75) is 18.6 Å². The molecule has 1 saturated heterocycles. The van der Waals surface area contributed by atoms with Crippen molar-refractivity contribution >= 4 is 17.6 Å². The number of likely N-dealkylation sites (tertiary alicyclic amines) is 1. The summed E-state index contributed by atoms with van der Waals surface area (Å²) >= 11 is 0. The van der Waals surface area contributed by atoms with Gasteiger partial charge in [-0.15, -0.1) is 0 Å². The highest BCUT2D eigenvalue weighted by atomic mass is 16.4. The summed E-state index contributed by atoms with van der Waals surface area (Å²) in [6.07, 6.45) is -0.703. The smallest absolute Gasteiger partial charge is 0.326 e. The van der Waals surface area contributed by atoms with Gasteiger partial charge in [0.2, 0.25) is 0 Å². The van der Waals surface area contributed by atoms with Gasteiger partial charge in [-0.3, -0.25) is 4.79 Å². The molecule has 0 saturated carbocycles. The molecule has 0 aliphatic carbocycles. The Morgan fingerprint density at radius 1 is 1.35 bits per heavy atom. The van der Waals surface area contributed by atoms with Crippen LogP contribution >= 0.6 is 0 Å². The number of benzene rings is 1. The van der Waals surface area contributed by atoms with E-state index in [9.17, 15) is 14.7 Å². The Morgan fingerprint density at radius 3 is 2.65 bits per heavy atom. The Kier molecular flexibility index (Phi) is 3.94. The molecule has 1 amide bonds. The molecular formula is C14H18N2O4. The standard InChI is InChI=1S/C14H18N2O4/c1-15(2)10-5-3-4-9(6-10)13(18)16-8-11(17)7-12(16)14(19)20/h3-6,11-12,17H,7-8H2,1-2H3,(H,19,20)/t11-,12+/m1/s1. The molecule has 2 N–H and O–H groups in total. The minimum atomic E-state index is -1.08. The molecule has 0 spiro atoms. The van der Waals surface area contributed by atoms with Gasteiger partial charge in [-0.1, -0.05) is 6.07 Å². The second kappa shape index (κ2) is 5.50. The van der Waals surface area contributed by atoms with Crippen molar-refractivity contribution in [3.8, 4) is 0 Å². The number of anilines is 1. The van der Waals surface area contributed by atoms with Crippen molar-refractivity contribution in [3.05, 3.63) is 29.8 Å². The maximum absolute atomic E-state index is 12.4. The van der Waals surface area contributed by atoms with Crippen LogP contribution < -0.4 is 4.90 Å². The molecular weight excluding hydrogens is 260 g/mol. The molecule has 0 radical (unpaired) electrons. The lowest BCUT2D eigenvalue weighted by Gasteiger charge is -2.22. The predicted octanol–water partition coefficient (Wildman–Crippen LogP) is 0.413. The molecule has 2 atom stereocenters. The van der Waals surface area contributed by atoms with Crippen molar-refractivity contribution in [1.82, 2.24) is 4.90 Å². The number of rotatable bonds is 3. The van der Waals surface area contributed by atoms with Crippen LogP contribution in [-0.4, -0.2) is 59.8 Å². The third-order valence-corrected chi connectivity index (χ3v) is 3.43. The zero-order valence-corrected chi connectivity index (χ0v) is 11.5. The lowest BCUT2D eigenvalue weighted by molar-refractivity contribution is -0.141. The highest BCUT2D eigenvalue weighted by Gasteiger charge is 2.39. The van der Waals surface area contributed by atoms with Crippen molar-refractivity contribution in [3.63, 3.8) is 0 Å². The molecule has 0 unspecified atom stereocenters. The van der Waals surface area contributed by atoms with Gasteiger partial charge in [-0.05, 0) is 18.2 Å². The minimum absolute atomic E-state index is 0.0575. The van der Waals surface area contributed by atoms with E-state index in [1.54, 1.807) is 18.2 Å². The molecule has 1 aliphatic rings. The summed E-state index contributed by atoms with van der Waals surface area (Å²) in [5.74, 6) is -1.45. The first kappa shape index (κ1) is 14.3. The second-order valence-electron chi connectivity index (χ2n) is 5.15. The first-order valence-electron chi connectivity index (χ1n) is 6.39. The quantitative estimate of drug-likeness (QED) is 0.837. The third kappa shape index (κ3) is 2.75. The number of hydrogen-bond donors (Lipinski definition) is 2. The molecule has 2 rings (SSSR count). The van der Waals surface area contributed by atoms with Gasteiger partial charge in [0, 0.05) is 38.3 Å². The van der Waals surface area contributed by atoms with E-state index < -0.39 is 18.1 Å². The van der Waals surface area contributed by atoms with E-state index in [1.807, 2.05) is 25.1 Å². The average Bonchev–Trinajstić information content (AvgIpc) is 2.80. The van der Waals surface area contributed by atoms with Gasteiger partial charge in [-0.25, -0.2) is 4.79 Å². The van der Waals surface area contributed by atoms with Crippen LogP contribution in [0.25, 0.3) is 0 Å². The van der Waals surface area contributed by atoms with Crippen LogP contribution in [0.4, 0.5) is 5.69 Å². The first-order chi connectivity index (χ1) is 9.40. The Balaban J connectivity index is 2.26. The van der Waals surface area contributed by atoms with E-state index >= 15 is 0 Å². The van der Waals surface area contributed by atoms with Gasteiger partial charge in [0.1, 0.15) is 6.04 Å². The summed E-state index contributed by atoms with van der Waals surface area (Å²) in [4.78, 5) is 26.7. The number of carboxylic acid groups (broad SMARTS) is 1. The van der Waals surface area contributed by atoms with Crippen LogP contribution in [0.3, 0.4) is 0 Å². The highest BCUT2D eigenvalue weighted by molar-refractivity contribution is 5.97. The van der Waals surface area contributed by atoms with E-state index in [-0.39, 0.29) is 18.9 Å². The highest BCUT2D eigenvalue weighted by Crippen LogP contribution is 2.22. The lowest BCUT2D eigenvalue weighted by Crippen LogP contribution is -2.40. The normalized spacial score (nSPS) is 21.9. The molecule has 1 aromatic carbocycles. The summed E-state index contributed by atoms with van der Waals surface area (Å²) in [5.41, 5.74) is 1.29. The lowest BCUT2D eigenvalue weighted by atomic mass is 10.1. The largest absolute Gasteiger partial charge is 0.480 e. The summed E-state index contributed by atoms with van der Waals surface area (Å²) in [5, 5.41) is 18.7. The predicted molar refractivity (Wildman–Crippen MR) is 73.9 cm³/mol. The van der Waals surface area contributed by atoms with E-state index in [4.69, 9.17) is 5.11 Å². The monoisotopic (exact) mass is 278 g/mol. The molecule has 6 heteroatoms. The molecule has 1 aromatic rings. The minimum Gasteiger partial charge on any atom is -0.480 e. The van der Waals surface area contributed by atoms with Crippen LogP contribution in [0.15, 0.2) is 24.3 Å². The number of aliphatic hydroxyl groups is 1. The number of carbonyl (C=O) groups excluding carboxylic acids is 1. The molecule has 20 heavy (non-hydrogen) atoms. The molecule has 1 heterocycles. The summed E-state index contributed by atoms with van der Waals surface area (Å²) in [6, 6.07) is 6.03. The van der Waals surface area contributed by atoms with Gasteiger partial charge in [0.15, 0.2) is 0 Å². The van der Waals surface area contributed by atoms with E-state index in [0.29, 0.717) is 5.56 Å². The second-order valence-corrected chi connectivity index (χ2v) is 5.15. The SMILES string of the molecule is CN(C)c1cccc(C(=O)N2C[C@H](O)C[C@H]2C(=O)O)c1. The van der Waals surface area contributed by atoms with Crippen molar-refractivity contribution in [1.29, 1.82) is 0 Å². The molecule has 6 nitrogen and oxygen atoms in total. The fourth-order valence-electron chi connectivity index (χ4n) is 2.36. The number of carbonyl (C=O) groups is 2. The summed E-state index contributed by atoms with van der Waals surface area (Å²) in [7, 11) is 3.73. The average molecular weight is 278 g/mol. The van der Waals surface area contributed by atoms with Gasteiger partial charge in [0.05, 0.1) is 6.10 Å². The van der Waals surface area contributed by atoms with Gasteiger partial charge < -0.3 is 20.0 Å². The number of carboxylic acids is 1. The maximum Gasteiger partial charge on any atom is 0.326 e. The van der Waals surface area contributed by atoms with Gasteiger partial charge >= 0.3 is 5.97 Å². The Morgan fingerprint density at radius 2 is 2.05 bits per heavy atom. The summed E-state index contributed by atoms with van der Waals surface area (Å²) in [6.45, 7) is 0.0575. The van der Waals surface area contributed by atoms with Crippen LogP contribution in [-0.2, 0) is 4.79 Å². The number of amides is 1. The molecule has 1 fully saturated rings. The van der Waals surface area contributed by atoms with Crippen LogP contribution in [0.5, 0.6) is 0 Å². The number of β-amino-alcohol motifs (C(OH)–C–C–N with tert-alkyl or cyclic N) is 1. The third-order valence-electron chi connectivity index (χ3n) is 3.43. The Labute approximate surface area is 117 Å². The number of hydrogen-bond acceptors (Lipinski definition) is 4. The Bertz CT molecular complexity index is 530. The van der Waals surface area contributed by atoms with Crippen LogP contribution in [0, 0.1) is 0 Å². The molecule has 1 aliphatic heterocycles. The Hall–Kier alpha value is -2.08. The molecule has 108 valence electrons. The van der Waals surface area contributed by atoms with Crippen molar-refractivity contribution < 1.29 is 19.8 Å². The van der Waals surface area contributed by atoms with Crippen molar-refractivity contribution in [2.24, 2.45) is 0 Å². The van der Waals surface area contributed by atoms with Gasteiger partial charge in [0.25, 0.3) is 5.91 Å². The first-order valence-corrected chi connectivity index (χ1v) is 6.39. The molecule has 0 bridgehead atoms. The fourth-order valence-corrected chi connectivity index (χ4v) is 2.36. The van der Waals surface area contributed by atoms with E-state index in [1.165, 1.54) is 4.90 Å². The molecule has 0 aromatic heterocycles.